The van der Waals surface area contributed by atoms with Crippen LogP contribution in [0.2, 0.25) is 0 Å². The number of hydrogen-bond donors (Lipinski definition) is 1. The predicted molar refractivity (Wildman–Crippen MR) is 75.1 cm³/mol. The highest BCUT2D eigenvalue weighted by molar-refractivity contribution is 9.10. The van der Waals surface area contributed by atoms with E-state index in [1.54, 1.807) is 0 Å². The Morgan fingerprint density at radius 3 is 3.19 bits per heavy atom. The number of anilines is 1. The molecule has 0 aliphatic heterocycles. The first-order chi connectivity index (χ1) is 7.81. The van der Waals surface area contributed by atoms with Crippen molar-refractivity contribution in [2.45, 2.75) is 37.5 Å². The van der Waals surface area contributed by atoms with Gasteiger partial charge < -0.3 is 5.32 Å². The fraction of sp³-hybridized carbons (Fsp3) is 0.583. The number of halogens is 1. The predicted octanol–water partition coefficient (Wildman–Crippen LogP) is 3.93. The molecule has 0 saturated heterocycles. The lowest BCUT2D eigenvalue weighted by Crippen LogP contribution is -2.26. The molecule has 88 valence electrons. The van der Waals surface area contributed by atoms with Crippen LogP contribution in [-0.2, 0) is 0 Å². The minimum absolute atomic E-state index is 0.614. The topological polar surface area (TPSA) is 24.9 Å². The maximum atomic E-state index is 4.08. The zero-order valence-corrected chi connectivity index (χ0v) is 11.9. The molecule has 0 aromatic carbocycles. The van der Waals surface area contributed by atoms with Gasteiger partial charge in [-0.3, -0.25) is 4.98 Å². The van der Waals surface area contributed by atoms with Crippen molar-refractivity contribution in [3.05, 3.63) is 22.9 Å². The van der Waals surface area contributed by atoms with Gasteiger partial charge in [0.25, 0.3) is 0 Å². The molecule has 1 heterocycles. The average Bonchev–Trinajstić information content (AvgIpc) is 2.70. The molecule has 1 aliphatic rings. The summed E-state index contributed by atoms with van der Waals surface area (Å²) >= 11 is 5.61. The van der Waals surface area contributed by atoms with Crippen LogP contribution in [-0.4, -0.2) is 22.0 Å². The van der Waals surface area contributed by atoms with Crippen molar-refractivity contribution in [3.8, 4) is 0 Å². The number of nitrogens with one attached hydrogen (secondary N) is 1. The van der Waals surface area contributed by atoms with Crippen LogP contribution < -0.4 is 5.32 Å². The zero-order valence-electron chi connectivity index (χ0n) is 9.45. The minimum Gasteiger partial charge on any atom is -0.380 e. The van der Waals surface area contributed by atoms with E-state index in [9.17, 15) is 0 Å². The fourth-order valence-electron chi connectivity index (χ4n) is 2.20. The molecule has 0 radical (unpaired) electrons. The van der Waals surface area contributed by atoms with Crippen LogP contribution in [0.25, 0.3) is 0 Å². The van der Waals surface area contributed by atoms with Crippen LogP contribution in [0.4, 0.5) is 5.69 Å². The van der Waals surface area contributed by atoms with Crippen LogP contribution in [0.5, 0.6) is 0 Å². The molecule has 0 bridgehead atoms. The van der Waals surface area contributed by atoms with E-state index in [1.807, 2.05) is 18.5 Å². The van der Waals surface area contributed by atoms with Crippen molar-refractivity contribution in [3.63, 3.8) is 0 Å². The lowest BCUT2D eigenvalue weighted by molar-refractivity contribution is 0.767. The van der Waals surface area contributed by atoms with Crippen LogP contribution in [0.1, 0.15) is 26.2 Å². The Morgan fingerprint density at radius 2 is 2.44 bits per heavy atom. The smallest absolute Gasteiger partial charge is 0.0590 e. The van der Waals surface area contributed by atoms with Gasteiger partial charge in [-0.1, -0.05) is 13.3 Å². The van der Waals surface area contributed by atoms with Gasteiger partial charge in [0.2, 0.25) is 0 Å². The van der Waals surface area contributed by atoms with Crippen LogP contribution in [0, 0.1) is 0 Å². The van der Waals surface area contributed by atoms with Gasteiger partial charge in [-0.25, -0.2) is 0 Å². The summed E-state index contributed by atoms with van der Waals surface area (Å²) in [4.78, 5) is 4.08. The number of thioether (sulfide) groups is 1. The Bertz CT molecular complexity index is 346. The first-order valence-corrected chi connectivity index (χ1v) is 7.63. The summed E-state index contributed by atoms with van der Waals surface area (Å²) in [6.07, 6.45) is 7.66. The van der Waals surface area contributed by atoms with E-state index in [2.05, 4.69) is 44.9 Å². The molecule has 2 nitrogen and oxygen atoms in total. The highest BCUT2D eigenvalue weighted by Crippen LogP contribution is 2.33. The Labute approximate surface area is 110 Å². The number of aromatic nitrogens is 1. The van der Waals surface area contributed by atoms with Crippen LogP contribution >= 0.6 is 27.7 Å². The molecule has 2 rings (SSSR count). The van der Waals surface area contributed by atoms with Crippen molar-refractivity contribution in [2.24, 2.45) is 0 Å². The third-order valence-corrected chi connectivity index (χ3v) is 4.90. The van der Waals surface area contributed by atoms with Gasteiger partial charge in [0.15, 0.2) is 0 Å². The SMILES string of the molecule is CCSC1CCCC1Nc1ccncc1Br. The molecule has 0 spiro atoms. The number of nitrogens with zero attached hydrogens (tertiary/aromatic N) is 1. The largest absolute Gasteiger partial charge is 0.380 e. The lowest BCUT2D eigenvalue weighted by atomic mass is 10.2. The van der Waals surface area contributed by atoms with Crippen LogP contribution in [0.3, 0.4) is 0 Å². The molecule has 2 unspecified atom stereocenters. The van der Waals surface area contributed by atoms with Gasteiger partial charge in [0.05, 0.1) is 10.2 Å². The summed E-state index contributed by atoms with van der Waals surface area (Å²) in [5, 5.41) is 4.40. The van der Waals surface area contributed by atoms with E-state index in [0.717, 1.165) is 9.72 Å². The second-order valence-electron chi connectivity index (χ2n) is 4.03. The van der Waals surface area contributed by atoms with Gasteiger partial charge in [-0.2, -0.15) is 11.8 Å². The summed E-state index contributed by atoms with van der Waals surface area (Å²) in [5.74, 6) is 1.21. The highest BCUT2D eigenvalue weighted by atomic mass is 79.9. The third kappa shape index (κ3) is 2.92. The molecule has 2 atom stereocenters. The summed E-state index contributed by atoms with van der Waals surface area (Å²) in [6.45, 7) is 2.24. The van der Waals surface area contributed by atoms with Crippen LogP contribution in [0.15, 0.2) is 22.9 Å². The number of pyridine rings is 1. The molecular formula is C12H17BrN2S. The molecule has 1 aromatic heterocycles. The van der Waals surface area contributed by atoms with Crippen molar-refractivity contribution < 1.29 is 0 Å². The maximum absolute atomic E-state index is 4.08. The van der Waals surface area contributed by atoms with Crippen molar-refractivity contribution in [2.75, 3.05) is 11.1 Å². The van der Waals surface area contributed by atoms with E-state index >= 15 is 0 Å². The summed E-state index contributed by atoms with van der Waals surface area (Å²) in [5.41, 5.74) is 1.17. The number of rotatable bonds is 4. The Hall–Kier alpha value is -0.220. The van der Waals surface area contributed by atoms with Gasteiger partial charge in [0.1, 0.15) is 0 Å². The average molecular weight is 301 g/mol. The van der Waals surface area contributed by atoms with Gasteiger partial charge >= 0.3 is 0 Å². The fourth-order valence-corrected chi connectivity index (χ4v) is 3.76. The summed E-state index contributed by atoms with van der Waals surface area (Å²) in [7, 11) is 0. The van der Waals surface area contributed by atoms with Crippen molar-refractivity contribution in [1.82, 2.24) is 4.98 Å². The first kappa shape index (κ1) is 12.2. The van der Waals surface area contributed by atoms with E-state index in [1.165, 1.54) is 30.7 Å². The number of hydrogen-bond acceptors (Lipinski definition) is 3. The monoisotopic (exact) mass is 300 g/mol. The second-order valence-corrected chi connectivity index (χ2v) is 6.40. The van der Waals surface area contributed by atoms with E-state index < -0.39 is 0 Å². The molecule has 1 fully saturated rings. The maximum Gasteiger partial charge on any atom is 0.0590 e. The Kier molecular flexibility index (Phi) is 4.53. The standard InChI is InChI=1S/C12H17BrN2S/c1-2-16-12-5-3-4-11(12)15-10-6-7-14-8-9(10)13/h6-8,11-12H,2-5H2,1H3,(H,14,15). The molecular weight excluding hydrogens is 284 g/mol. The molecule has 1 N–H and O–H groups in total. The molecule has 1 saturated carbocycles. The first-order valence-electron chi connectivity index (χ1n) is 5.79. The van der Waals surface area contributed by atoms with Crippen molar-refractivity contribution in [1.29, 1.82) is 0 Å². The summed E-state index contributed by atoms with van der Waals surface area (Å²) < 4.78 is 1.06. The lowest BCUT2D eigenvalue weighted by Gasteiger charge is -2.21. The van der Waals surface area contributed by atoms with Crippen molar-refractivity contribution >= 4 is 33.4 Å². The van der Waals surface area contributed by atoms with Gasteiger partial charge in [-0.15, -0.1) is 0 Å². The second kappa shape index (κ2) is 5.92. The molecule has 1 aliphatic carbocycles. The summed E-state index contributed by atoms with van der Waals surface area (Å²) in [6, 6.07) is 2.65. The third-order valence-electron chi connectivity index (χ3n) is 2.95. The van der Waals surface area contributed by atoms with E-state index in [-0.39, 0.29) is 0 Å². The molecule has 1 aromatic rings. The normalized spacial score (nSPS) is 24.6. The molecule has 16 heavy (non-hydrogen) atoms. The molecule has 4 heteroatoms. The van der Waals surface area contributed by atoms with Gasteiger partial charge in [0, 0.05) is 23.7 Å². The zero-order chi connectivity index (χ0) is 11.4. The molecule has 0 amide bonds. The Balaban J connectivity index is 2.01. The van der Waals surface area contributed by atoms with Gasteiger partial charge in [-0.05, 0) is 40.6 Å². The van der Waals surface area contributed by atoms with E-state index in [0.29, 0.717) is 6.04 Å². The quantitative estimate of drug-likeness (QED) is 0.912. The highest BCUT2D eigenvalue weighted by Gasteiger charge is 2.27. The Morgan fingerprint density at radius 1 is 1.56 bits per heavy atom. The van der Waals surface area contributed by atoms with E-state index in [4.69, 9.17) is 0 Å². The minimum atomic E-state index is 0.614.